The van der Waals surface area contributed by atoms with Crippen LogP contribution in [-0.2, 0) is 4.79 Å². The van der Waals surface area contributed by atoms with Gasteiger partial charge < -0.3 is 5.32 Å². The van der Waals surface area contributed by atoms with Crippen LogP contribution in [0.1, 0.15) is 18.0 Å². The standard InChI is InChI=1S/C22H18BrN5O2S/c1-13-5-7-16(8-6-13)28-20-18(11-24-28)21(30)27-17(12-31-22(27)26-20)10-19(29)25-15-4-2-3-14(23)9-15/h2-9,11,17H,10,12H2,1H3,(H,25,29). The molecule has 0 bridgehead atoms. The molecular weight excluding hydrogens is 478 g/mol. The van der Waals surface area contributed by atoms with Crippen LogP contribution >= 0.6 is 27.7 Å². The van der Waals surface area contributed by atoms with Gasteiger partial charge in [-0.2, -0.15) is 5.10 Å². The van der Waals surface area contributed by atoms with Gasteiger partial charge in [0.1, 0.15) is 5.39 Å². The van der Waals surface area contributed by atoms with E-state index in [2.05, 4.69) is 26.3 Å². The molecule has 1 aliphatic rings. The maximum atomic E-state index is 13.2. The van der Waals surface area contributed by atoms with Crippen LogP contribution in [0.5, 0.6) is 0 Å². The third kappa shape index (κ3) is 3.79. The van der Waals surface area contributed by atoms with Crippen LogP contribution in [0.15, 0.2) is 69.2 Å². The highest BCUT2D eigenvalue weighted by Gasteiger charge is 2.29. The Balaban J connectivity index is 1.44. The lowest BCUT2D eigenvalue weighted by atomic mass is 10.2. The number of thioether (sulfide) groups is 1. The summed E-state index contributed by atoms with van der Waals surface area (Å²) in [5, 5.41) is 8.36. The molecule has 156 valence electrons. The maximum absolute atomic E-state index is 13.2. The van der Waals surface area contributed by atoms with Gasteiger partial charge in [-0.1, -0.05) is 51.5 Å². The van der Waals surface area contributed by atoms with Gasteiger partial charge in [0, 0.05) is 22.3 Å². The summed E-state index contributed by atoms with van der Waals surface area (Å²) < 4.78 is 4.21. The van der Waals surface area contributed by atoms with Gasteiger partial charge >= 0.3 is 0 Å². The van der Waals surface area contributed by atoms with Crippen molar-refractivity contribution in [3.63, 3.8) is 0 Å². The van der Waals surface area contributed by atoms with E-state index in [0.29, 0.717) is 27.6 Å². The molecule has 2 aromatic heterocycles. The predicted molar refractivity (Wildman–Crippen MR) is 125 cm³/mol. The third-order valence-electron chi connectivity index (χ3n) is 5.18. The number of amides is 1. The number of hydrogen-bond acceptors (Lipinski definition) is 5. The molecule has 3 heterocycles. The lowest BCUT2D eigenvalue weighted by Gasteiger charge is -2.13. The van der Waals surface area contributed by atoms with Crippen molar-refractivity contribution >= 4 is 50.3 Å². The van der Waals surface area contributed by atoms with Gasteiger partial charge in [-0.05, 0) is 37.3 Å². The van der Waals surface area contributed by atoms with Crippen molar-refractivity contribution in [2.75, 3.05) is 11.1 Å². The Kier molecular flexibility index (Phi) is 5.15. The molecule has 0 fully saturated rings. The highest BCUT2D eigenvalue weighted by atomic mass is 79.9. The van der Waals surface area contributed by atoms with E-state index >= 15 is 0 Å². The first-order valence-electron chi connectivity index (χ1n) is 9.75. The maximum Gasteiger partial charge on any atom is 0.265 e. The first kappa shape index (κ1) is 20.0. The molecule has 7 nitrogen and oxygen atoms in total. The van der Waals surface area contributed by atoms with E-state index < -0.39 is 0 Å². The Labute approximate surface area is 190 Å². The van der Waals surface area contributed by atoms with Crippen molar-refractivity contribution in [3.05, 3.63) is 75.1 Å². The Morgan fingerprint density at radius 3 is 2.84 bits per heavy atom. The number of anilines is 1. The molecule has 0 saturated carbocycles. The minimum Gasteiger partial charge on any atom is -0.326 e. The molecule has 1 aliphatic heterocycles. The van der Waals surface area contributed by atoms with Crippen molar-refractivity contribution in [1.29, 1.82) is 0 Å². The van der Waals surface area contributed by atoms with Gasteiger partial charge in [0.15, 0.2) is 10.8 Å². The van der Waals surface area contributed by atoms with Crippen LogP contribution in [0.4, 0.5) is 5.69 Å². The monoisotopic (exact) mass is 495 g/mol. The zero-order chi connectivity index (χ0) is 21.5. The molecule has 1 amide bonds. The summed E-state index contributed by atoms with van der Waals surface area (Å²) in [6.45, 7) is 2.02. The second kappa shape index (κ2) is 7.97. The molecule has 4 aromatic rings. The summed E-state index contributed by atoms with van der Waals surface area (Å²) in [7, 11) is 0. The largest absolute Gasteiger partial charge is 0.326 e. The summed E-state index contributed by atoms with van der Waals surface area (Å²) >= 11 is 4.89. The van der Waals surface area contributed by atoms with Crippen LogP contribution in [0.3, 0.4) is 0 Å². The van der Waals surface area contributed by atoms with Crippen LogP contribution in [0.25, 0.3) is 16.7 Å². The fraction of sp³-hybridized carbons (Fsp3) is 0.182. The number of aryl methyl sites for hydroxylation is 1. The minimum absolute atomic E-state index is 0.140. The van der Waals surface area contributed by atoms with Gasteiger partial charge in [0.25, 0.3) is 5.56 Å². The average molecular weight is 496 g/mol. The van der Waals surface area contributed by atoms with E-state index in [0.717, 1.165) is 15.7 Å². The number of fused-ring (bicyclic) bond motifs is 2. The molecule has 0 spiro atoms. The van der Waals surface area contributed by atoms with Crippen LogP contribution in [0.2, 0.25) is 0 Å². The van der Waals surface area contributed by atoms with E-state index in [4.69, 9.17) is 4.98 Å². The van der Waals surface area contributed by atoms with E-state index in [1.54, 1.807) is 15.4 Å². The van der Waals surface area contributed by atoms with Crippen LogP contribution in [-0.4, -0.2) is 31.0 Å². The van der Waals surface area contributed by atoms with Gasteiger partial charge in [-0.25, -0.2) is 9.67 Å². The summed E-state index contributed by atoms with van der Waals surface area (Å²) in [5.74, 6) is 0.484. The molecule has 0 aliphatic carbocycles. The summed E-state index contributed by atoms with van der Waals surface area (Å²) in [4.78, 5) is 30.5. The fourth-order valence-corrected chi connectivity index (χ4v) is 5.18. The first-order valence-corrected chi connectivity index (χ1v) is 11.5. The second-order valence-corrected chi connectivity index (χ2v) is 9.33. The van der Waals surface area contributed by atoms with Gasteiger partial charge in [0.2, 0.25) is 5.91 Å². The number of carbonyl (C=O) groups excluding carboxylic acids is 1. The van der Waals surface area contributed by atoms with Crippen molar-refractivity contribution in [2.45, 2.75) is 24.5 Å². The summed E-state index contributed by atoms with van der Waals surface area (Å²) in [6, 6.07) is 15.1. The topological polar surface area (TPSA) is 81.8 Å². The van der Waals surface area contributed by atoms with Crippen LogP contribution < -0.4 is 10.9 Å². The smallest absolute Gasteiger partial charge is 0.265 e. The Bertz CT molecular complexity index is 1360. The molecule has 31 heavy (non-hydrogen) atoms. The highest BCUT2D eigenvalue weighted by Crippen LogP contribution is 2.33. The lowest BCUT2D eigenvalue weighted by molar-refractivity contribution is -0.116. The fourth-order valence-electron chi connectivity index (χ4n) is 3.65. The number of hydrogen-bond donors (Lipinski definition) is 1. The van der Waals surface area contributed by atoms with Gasteiger partial charge in [-0.3, -0.25) is 14.2 Å². The molecular formula is C22H18BrN5O2S. The van der Waals surface area contributed by atoms with Crippen molar-refractivity contribution < 1.29 is 4.79 Å². The normalized spacial score (nSPS) is 15.2. The summed E-state index contributed by atoms with van der Waals surface area (Å²) in [6.07, 6.45) is 1.76. The van der Waals surface area contributed by atoms with Crippen LogP contribution in [0, 0.1) is 6.92 Å². The molecule has 5 rings (SSSR count). The number of nitrogens with zero attached hydrogens (tertiary/aromatic N) is 4. The van der Waals surface area contributed by atoms with E-state index in [-0.39, 0.29) is 23.9 Å². The van der Waals surface area contributed by atoms with Gasteiger partial charge in [-0.15, -0.1) is 0 Å². The number of rotatable bonds is 4. The Morgan fingerprint density at radius 1 is 1.26 bits per heavy atom. The lowest BCUT2D eigenvalue weighted by Crippen LogP contribution is -2.27. The van der Waals surface area contributed by atoms with Crippen molar-refractivity contribution in [2.24, 2.45) is 0 Å². The van der Waals surface area contributed by atoms with Crippen molar-refractivity contribution in [1.82, 2.24) is 19.3 Å². The average Bonchev–Trinajstić information content (AvgIpc) is 3.34. The SMILES string of the molecule is Cc1ccc(-n2ncc3c(=O)n4c(nc32)SCC4CC(=O)Nc2cccc(Br)c2)cc1. The number of nitrogens with one attached hydrogen (secondary N) is 1. The molecule has 0 saturated heterocycles. The number of benzene rings is 2. The number of carbonyl (C=O) groups is 1. The van der Waals surface area contributed by atoms with E-state index in [9.17, 15) is 9.59 Å². The highest BCUT2D eigenvalue weighted by molar-refractivity contribution is 9.10. The predicted octanol–water partition coefficient (Wildman–Crippen LogP) is 4.33. The number of aromatic nitrogens is 4. The molecule has 9 heteroatoms. The molecule has 1 atom stereocenters. The van der Waals surface area contributed by atoms with Crippen molar-refractivity contribution in [3.8, 4) is 5.69 Å². The second-order valence-electron chi connectivity index (χ2n) is 7.43. The molecule has 1 unspecified atom stereocenters. The van der Waals surface area contributed by atoms with E-state index in [1.165, 1.54) is 11.8 Å². The molecule has 0 radical (unpaired) electrons. The molecule has 2 aromatic carbocycles. The number of halogens is 1. The van der Waals surface area contributed by atoms with Gasteiger partial charge in [0.05, 0.1) is 17.9 Å². The third-order valence-corrected chi connectivity index (χ3v) is 6.77. The Morgan fingerprint density at radius 2 is 2.06 bits per heavy atom. The Hall–Kier alpha value is -2.91. The molecule has 1 N–H and O–H groups in total. The quantitative estimate of drug-likeness (QED) is 0.426. The summed E-state index contributed by atoms with van der Waals surface area (Å²) in [5.41, 5.74) is 3.08. The first-order chi connectivity index (χ1) is 15.0. The zero-order valence-corrected chi connectivity index (χ0v) is 19.0. The minimum atomic E-state index is -0.251. The zero-order valence-electron chi connectivity index (χ0n) is 16.6. The van der Waals surface area contributed by atoms with E-state index in [1.807, 2.05) is 55.5 Å².